The number of hydrogen-bond donors (Lipinski definition) is 2. The maximum Gasteiger partial charge on any atom is 0.323 e. The summed E-state index contributed by atoms with van der Waals surface area (Å²) in [6.07, 6.45) is 1.31. The van der Waals surface area contributed by atoms with Crippen LogP contribution in [0, 0.1) is 5.92 Å². The number of rotatable bonds is 13. The van der Waals surface area contributed by atoms with Crippen LogP contribution in [0.25, 0.3) is 0 Å². The second-order valence-electron chi connectivity index (χ2n) is 7.06. The first-order chi connectivity index (χ1) is 13.9. The molecule has 0 bridgehead atoms. The van der Waals surface area contributed by atoms with Crippen LogP contribution in [0.15, 0.2) is 30.3 Å². The van der Waals surface area contributed by atoms with Crippen molar-refractivity contribution in [2.75, 3.05) is 19.8 Å². The minimum Gasteiger partial charge on any atom is -0.466 e. The molecular formula is C22H34N2O5. The minimum atomic E-state index is -0.599. The Morgan fingerprint density at radius 2 is 1.66 bits per heavy atom. The molecule has 0 fully saturated rings. The van der Waals surface area contributed by atoms with Gasteiger partial charge in [-0.05, 0) is 38.2 Å². The predicted octanol–water partition coefficient (Wildman–Crippen LogP) is 2.23. The van der Waals surface area contributed by atoms with Crippen molar-refractivity contribution in [1.29, 1.82) is 0 Å². The van der Waals surface area contributed by atoms with Crippen molar-refractivity contribution in [1.82, 2.24) is 10.6 Å². The Balaban J connectivity index is 2.72. The highest BCUT2D eigenvalue weighted by atomic mass is 16.5. The molecule has 0 aliphatic rings. The summed E-state index contributed by atoms with van der Waals surface area (Å²) in [5, 5.41) is 5.92. The van der Waals surface area contributed by atoms with E-state index in [4.69, 9.17) is 9.47 Å². The fraction of sp³-hybridized carbons (Fsp3) is 0.591. The molecule has 2 atom stereocenters. The van der Waals surface area contributed by atoms with Gasteiger partial charge < -0.3 is 14.8 Å². The summed E-state index contributed by atoms with van der Waals surface area (Å²) in [4.78, 5) is 36.5. The van der Waals surface area contributed by atoms with E-state index in [1.54, 1.807) is 13.8 Å². The van der Waals surface area contributed by atoms with E-state index in [0.717, 1.165) is 5.56 Å². The Kier molecular flexibility index (Phi) is 11.6. The summed E-state index contributed by atoms with van der Waals surface area (Å²) in [6, 6.07) is 8.68. The molecule has 29 heavy (non-hydrogen) atoms. The maximum absolute atomic E-state index is 12.6. The number of hydrogen-bond acceptors (Lipinski definition) is 6. The predicted molar refractivity (Wildman–Crippen MR) is 111 cm³/mol. The molecule has 0 saturated heterocycles. The van der Waals surface area contributed by atoms with Crippen LogP contribution in [0.3, 0.4) is 0 Å². The van der Waals surface area contributed by atoms with E-state index in [1.807, 2.05) is 44.2 Å². The molecule has 0 heterocycles. The topological polar surface area (TPSA) is 93.7 Å². The van der Waals surface area contributed by atoms with Gasteiger partial charge in [0.15, 0.2) is 0 Å². The lowest BCUT2D eigenvalue weighted by atomic mass is 9.99. The zero-order chi connectivity index (χ0) is 21.6. The monoisotopic (exact) mass is 406 g/mol. The summed E-state index contributed by atoms with van der Waals surface area (Å²) in [5.41, 5.74) is 1.11. The van der Waals surface area contributed by atoms with Gasteiger partial charge in [-0.2, -0.15) is 0 Å². The molecule has 0 aliphatic heterocycles. The highest BCUT2D eigenvalue weighted by Crippen LogP contribution is 2.10. The quantitative estimate of drug-likeness (QED) is 0.488. The third-order valence-electron chi connectivity index (χ3n) is 4.40. The zero-order valence-corrected chi connectivity index (χ0v) is 17.9. The minimum absolute atomic E-state index is 0.0498. The number of benzene rings is 1. The van der Waals surface area contributed by atoms with Crippen molar-refractivity contribution in [2.45, 2.75) is 59.0 Å². The molecule has 7 nitrogen and oxygen atoms in total. The normalized spacial score (nSPS) is 12.9. The second-order valence-corrected chi connectivity index (χ2v) is 7.06. The third-order valence-corrected chi connectivity index (χ3v) is 4.40. The summed E-state index contributed by atoms with van der Waals surface area (Å²) in [7, 11) is 0. The number of aryl methyl sites for hydroxylation is 1. The average molecular weight is 407 g/mol. The molecule has 1 aromatic rings. The molecule has 1 amide bonds. The van der Waals surface area contributed by atoms with E-state index in [1.165, 1.54) is 0 Å². The fourth-order valence-electron chi connectivity index (χ4n) is 2.89. The summed E-state index contributed by atoms with van der Waals surface area (Å²) < 4.78 is 10.1. The first-order valence-electron chi connectivity index (χ1n) is 10.3. The highest BCUT2D eigenvalue weighted by Gasteiger charge is 2.29. The Bertz CT molecular complexity index is 633. The maximum atomic E-state index is 12.6. The Hall–Kier alpha value is -2.41. The number of carbonyl (C=O) groups excluding carboxylic acids is 3. The van der Waals surface area contributed by atoms with Gasteiger partial charge in [-0.25, -0.2) is 0 Å². The van der Waals surface area contributed by atoms with E-state index in [-0.39, 0.29) is 43.3 Å². The number of ether oxygens (including phenoxy) is 2. The van der Waals surface area contributed by atoms with Crippen LogP contribution < -0.4 is 10.6 Å². The number of amides is 1. The number of carbonyl (C=O) groups is 3. The number of esters is 2. The van der Waals surface area contributed by atoms with Crippen molar-refractivity contribution in [3.05, 3.63) is 35.9 Å². The van der Waals surface area contributed by atoms with Crippen molar-refractivity contribution >= 4 is 17.8 Å². The molecule has 1 aromatic carbocycles. The summed E-state index contributed by atoms with van der Waals surface area (Å²) >= 11 is 0. The van der Waals surface area contributed by atoms with E-state index in [0.29, 0.717) is 19.4 Å². The molecule has 1 rings (SSSR count). The molecule has 0 aromatic heterocycles. The standard InChI is InChI=1S/C22H34N2O5/c1-5-28-19(25)14-15-23-21(26)20(16(3)4)24-18(22(27)29-6-2)13-12-17-10-8-7-9-11-17/h7-11,16,18,20,24H,5-6,12-15H2,1-4H3,(H,23,26)/t18?,20-/m0/s1. The van der Waals surface area contributed by atoms with Gasteiger partial charge in [0.2, 0.25) is 5.91 Å². The lowest BCUT2D eigenvalue weighted by Gasteiger charge is -2.26. The average Bonchev–Trinajstić information content (AvgIpc) is 2.68. The van der Waals surface area contributed by atoms with Crippen LogP contribution in [0.1, 0.15) is 46.1 Å². The van der Waals surface area contributed by atoms with Gasteiger partial charge in [-0.1, -0.05) is 44.2 Å². The van der Waals surface area contributed by atoms with E-state index < -0.39 is 12.1 Å². The molecule has 7 heteroatoms. The van der Waals surface area contributed by atoms with Gasteiger partial charge in [-0.15, -0.1) is 0 Å². The van der Waals surface area contributed by atoms with E-state index in [2.05, 4.69) is 10.6 Å². The molecular weight excluding hydrogens is 372 g/mol. The Morgan fingerprint density at radius 3 is 2.24 bits per heavy atom. The van der Waals surface area contributed by atoms with Crippen molar-refractivity contribution in [3.63, 3.8) is 0 Å². The molecule has 1 unspecified atom stereocenters. The van der Waals surface area contributed by atoms with Gasteiger partial charge in [0.05, 0.1) is 25.7 Å². The van der Waals surface area contributed by atoms with Crippen molar-refractivity contribution < 1.29 is 23.9 Å². The van der Waals surface area contributed by atoms with Crippen molar-refractivity contribution in [2.24, 2.45) is 5.92 Å². The van der Waals surface area contributed by atoms with Gasteiger partial charge in [0, 0.05) is 6.54 Å². The SMILES string of the molecule is CCOC(=O)CCNC(=O)[C@@H](NC(CCc1ccccc1)C(=O)OCC)C(C)C. The molecule has 2 N–H and O–H groups in total. The van der Waals surface area contributed by atoms with E-state index in [9.17, 15) is 14.4 Å². The largest absolute Gasteiger partial charge is 0.466 e. The van der Waals surface area contributed by atoms with Crippen LogP contribution in [-0.4, -0.2) is 49.7 Å². The van der Waals surface area contributed by atoms with Crippen LogP contribution in [0.4, 0.5) is 0 Å². The molecule has 162 valence electrons. The van der Waals surface area contributed by atoms with Crippen LogP contribution in [-0.2, 0) is 30.3 Å². The smallest absolute Gasteiger partial charge is 0.323 e. The van der Waals surface area contributed by atoms with Crippen LogP contribution >= 0.6 is 0 Å². The van der Waals surface area contributed by atoms with Crippen molar-refractivity contribution in [3.8, 4) is 0 Å². The molecule has 0 radical (unpaired) electrons. The lowest BCUT2D eigenvalue weighted by molar-refractivity contribution is -0.146. The first-order valence-corrected chi connectivity index (χ1v) is 10.3. The Labute approximate surface area is 173 Å². The van der Waals surface area contributed by atoms with E-state index >= 15 is 0 Å². The summed E-state index contributed by atoms with van der Waals surface area (Å²) in [6.45, 7) is 8.08. The zero-order valence-electron chi connectivity index (χ0n) is 17.9. The third kappa shape index (κ3) is 9.56. The molecule has 0 saturated carbocycles. The highest BCUT2D eigenvalue weighted by molar-refractivity contribution is 5.84. The fourth-order valence-corrected chi connectivity index (χ4v) is 2.89. The van der Waals surface area contributed by atoms with Gasteiger partial charge in [0.25, 0.3) is 0 Å². The molecule has 0 aliphatic carbocycles. The van der Waals surface area contributed by atoms with Crippen LogP contribution in [0.5, 0.6) is 0 Å². The van der Waals surface area contributed by atoms with Gasteiger partial charge in [-0.3, -0.25) is 19.7 Å². The van der Waals surface area contributed by atoms with Crippen LogP contribution in [0.2, 0.25) is 0 Å². The molecule has 0 spiro atoms. The summed E-state index contributed by atoms with van der Waals surface area (Å²) in [5.74, 6) is -1.02. The van der Waals surface area contributed by atoms with Gasteiger partial charge >= 0.3 is 11.9 Å². The first kappa shape index (κ1) is 24.6. The second kappa shape index (κ2) is 13.7. The van der Waals surface area contributed by atoms with Gasteiger partial charge in [0.1, 0.15) is 6.04 Å². The Morgan fingerprint density at radius 1 is 1.00 bits per heavy atom. The number of nitrogens with one attached hydrogen (secondary N) is 2. The lowest BCUT2D eigenvalue weighted by Crippen LogP contribution is -2.54.